The van der Waals surface area contributed by atoms with E-state index in [9.17, 15) is 9.59 Å². The number of likely N-dealkylation sites (tertiary alicyclic amines) is 1. The van der Waals surface area contributed by atoms with Crippen LogP contribution in [0.5, 0.6) is 0 Å². The summed E-state index contributed by atoms with van der Waals surface area (Å²) in [6.45, 7) is 10.4. The maximum atomic E-state index is 13.1. The second kappa shape index (κ2) is 8.26. The number of rotatable bonds is 5. The van der Waals surface area contributed by atoms with Gasteiger partial charge in [0.25, 0.3) is 0 Å². The zero-order valence-corrected chi connectivity index (χ0v) is 20.1. The molecule has 1 aromatic rings. The average Bonchev–Trinajstić information content (AvgIpc) is 2.73. The van der Waals surface area contributed by atoms with Crippen molar-refractivity contribution in [1.82, 2.24) is 9.80 Å². The maximum Gasteiger partial charge on any atom is 0.225 e. The van der Waals surface area contributed by atoms with Gasteiger partial charge in [-0.05, 0) is 73.8 Å². The van der Waals surface area contributed by atoms with Gasteiger partial charge >= 0.3 is 0 Å². The predicted octanol–water partition coefficient (Wildman–Crippen LogP) is 5.33. The van der Waals surface area contributed by atoms with Crippen LogP contribution in [0.15, 0.2) is 24.3 Å². The molecule has 1 aromatic carbocycles. The number of carbonyl (C=O) groups is 2. The van der Waals surface area contributed by atoms with Crippen LogP contribution in [0.25, 0.3) is 0 Å². The van der Waals surface area contributed by atoms with E-state index in [1.807, 2.05) is 18.9 Å². The second-order valence-electron chi connectivity index (χ2n) is 11.2. The van der Waals surface area contributed by atoms with E-state index in [0.29, 0.717) is 29.6 Å². The summed E-state index contributed by atoms with van der Waals surface area (Å²) in [6, 6.07) is 9.17. The summed E-state index contributed by atoms with van der Waals surface area (Å²) in [6.07, 6.45) is 7.01. The minimum atomic E-state index is -0.143. The van der Waals surface area contributed by atoms with Crippen LogP contribution in [0.3, 0.4) is 0 Å². The molecule has 170 valence electrons. The van der Waals surface area contributed by atoms with E-state index in [0.717, 1.165) is 38.8 Å². The van der Waals surface area contributed by atoms with Crippen LogP contribution in [0.4, 0.5) is 0 Å². The van der Waals surface area contributed by atoms with E-state index in [-0.39, 0.29) is 17.4 Å². The molecule has 2 aliphatic carbocycles. The molecule has 0 bridgehead atoms. The highest BCUT2D eigenvalue weighted by Gasteiger charge is 2.51. The summed E-state index contributed by atoms with van der Waals surface area (Å²) in [7, 11) is 1.89. The van der Waals surface area contributed by atoms with E-state index >= 15 is 0 Å². The quantitative estimate of drug-likeness (QED) is 0.641. The molecule has 0 atom stereocenters. The molecule has 4 rings (SSSR count). The summed E-state index contributed by atoms with van der Waals surface area (Å²) in [5.41, 5.74) is 3.26. The van der Waals surface area contributed by atoms with Crippen LogP contribution in [0.2, 0.25) is 0 Å². The van der Waals surface area contributed by atoms with Gasteiger partial charge in [0.15, 0.2) is 0 Å². The summed E-state index contributed by atoms with van der Waals surface area (Å²) in [5, 5.41) is 0. The third-order valence-electron chi connectivity index (χ3n) is 8.75. The lowest BCUT2D eigenvalue weighted by molar-refractivity contribution is -0.154. The number of nitrogens with zero attached hydrogens (tertiary/aromatic N) is 2. The molecule has 4 nitrogen and oxygen atoms in total. The predicted molar refractivity (Wildman–Crippen MR) is 125 cm³/mol. The Balaban J connectivity index is 1.26. The van der Waals surface area contributed by atoms with Crippen molar-refractivity contribution in [3.05, 3.63) is 35.4 Å². The number of benzene rings is 1. The van der Waals surface area contributed by atoms with Crippen molar-refractivity contribution in [3.8, 4) is 0 Å². The van der Waals surface area contributed by atoms with E-state index in [1.54, 1.807) is 0 Å². The first-order valence-corrected chi connectivity index (χ1v) is 12.3. The molecule has 3 fully saturated rings. The fraction of sp³-hybridized carbons (Fsp3) is 0.704. The Morgan fingerprint density at radius 1 is 1.13 bits per heavy atom. The maximum absolute atomic E-state index is 13.1. The van der Waals surface area contributed by atoms with E-state index in [1.165, 1.54) is 24.0 Å². The fourth-order valence-corrected chi connectivity index (χ4v) is 6.25. The lowest BCUT2D eigenvalue weighted by atomic mass is 9.56. The lowest BCUT2D eigenvalue weighted by Gasteiger charge is -2.54. The van der Waals surface area contributed by atoms with Crippen molar-refractivity contribution < 1.29 is 9.59 Å². The molecular weight excluding hydrogens is 384 g/mol. The molecule has 3 aliphatic rings. The van der Waals surface area contributed by atoms with Gasteiger partial charge in [-0.1, -0.05) is 45.0 Å². The van der Waals surface area contributed by atoms with Crippen LogP contribution >= 0.6 is 0 Å². The SMILES string of the molecule is CCC(=O)N(C)[C@]1(C)C[C@H](C(=O)N2CCC3(CC2)CC(c2cccc(C(C)C)c2)C3)C1. The molecule has 1 saturated heterocycles. The van der Waals surface area contributed by atoms with Gasteiger partial charge in [-0.15, -0.1) is 0 Å². The van der Waals surface area contributed by atoms with Gasteiger partial charge in [0, 0.05) is 38.0 Å². The molecule has 1 aliphatic heterocycles. The van der Waals surface area contributed by atoms with Gasteiger partial charge in [0.1, 0.15) is 0 Å². The smallest absolute Gasteiger partial charge is 0.225 e. The summed E-state index contributed by atoms with van der Waals surface area (Å²) in [4.78, 5) is 29.1. The van der Waals surface area contributed by atoms with E-state index in [4.69, 9.17) is 0 Å². The Hall–Kier alpha value is -1.84. The number of amides is 2. The van der Waals surface area contributed by atoms with Gasteiger partial charge in [0.05, 0.1) is 0 Å². The molecule has 2 amide bonds. The van der Waals surface area contributed by atoms with Crippen LogP contribution < -0.4 is 0 Å². The zero-order chi connectivity index (χ0) is 22.4. The number of hydrogen-bond acceptors (Lipinski definition) is 2. The van der Waals surface area contributed by atoms with Gasteiger partial charge in [-0.2, -0.15) is 0 Å². The molecular formula is C27H40N2O2. The first-order valence-electron chi connectivity index (χ1n) is 12.3. The van der Waals surface area contributed by atoms with Crippen molar-refractivity contribution in [3.63, 3.8) is 0 Å². The van der Waals surface area contributed by atoms with Gasteiger partial charge in [0.2, 0.25) is 11.8 Å². The van der Waals surface area contributed by atoms with Crippen LogP contribution in [-0.2, 0) is 9.59 Å². The monoisotopic (exact) mass is 424 g/mol. The fourth-order valence-electron chi connectivity index (χ4n) is 6.25. The largest absolute Gasteiger partial charge is 0.342 e. The van der Waals surface area contributed by atoms with E-state index in [2.05, 4.69) is 49.9 Å². The van der Waals surface area contributed by atoms with E-state index < -0.39 is 0 Å². The summed E-state index contributed by atoms with van der Waals surface area (Å²) < 4.78 is 0. The van der Waals surface area contributed by atoms with Crippen molar-refractivity contribution in [2.75, 3.05) is 20.1 Å². The molecule has 0 aromatic heterocycles. The Morgan fingerprint density at radius 2 is 1.77 bits per heavy atom. The number of hydrogen-bond donors (Lipinski definition) is 0. The lowest BCUT2D eigenvalue weighted by Crippen LogP contribution is -2.60. The van der Waals surface area contributed by atoms with Crippen molar-refractivity contribution in [2.45, 2.75) is 90.0 Å². The minimum absolute atomic E-state index is 0.0964. The molecule has 0 unspecified atom stereocenters. The van der Waals surface area contributed by atoms with Gasteiger partial charge < -0.3 is 9.80 Å². The molecule has 31 heavy (non-hydrogen) atoms. The highest BCUT2D eigenvalue weighted by molar-refractivity contribution is 5.82. The Bertz CT molecular complexity index is 823. The minimum Gasteiger partial charge on any atom is -0.342 e. The zero-order valence-electron chi connectivity index (χ0n) is 20.1. The molecule has 0 N–H and O–H groups in total. The topological polar surface area (TPSA) is 40.6 Å². The highest BCUT2D eigenvalue weighted by Crippen LogP contribution is 2.57. The normalized spacial score (nSPS) is 27.7. The third-order valence-corrected chi connectivity index (χ3v) is 8.75. The Morgan fingerprint density at radius 3 is 2.35 bits per heavy atom. The molecule has 1 spiro atoms. The molecule has 2 saturated carbocycles. The Labute approximate surface area is 188 Å². The third kappa shape index (κ3) is 4.15. The van der Waals surface area contributed by atoms with Gasteiger partial charge in [-0.25, -0.2) is 0 Å². The second-order valence-corrected chi connectivity index (χ2v) is 11.2. The molecule has 0 radical (unpaired) electrons. The van der Waals surface area contributed by atoms with Crippen LogP contribution in [0.1, 0.15) is 95.6 Å². The van der Waals surface area contributed by atoms with Crippen LogP contribution in [0, 0.1) is 11.3 Å². The number of piperidine rings is 1. The number of carbonyl (C=O) groups excluding carboxylic acids is 2. The summed E-state index contributed by atoms with van der Waals surface area (Å²) in [5.74, 6) is 1.87. The van der Waals surface area contributed by atoms with Crippen molar-refractivity contribution in [1.29, 1.82) is 0 Å². The van der Waals surface area contributed by atoms with Crippen molar-refractivity contribution in [2.24, 2.45) is 11.3 Å². The molecule has 4 heteroatoms. The average molecular weight is 425 g/mol. The first kappa shape index (κ1) is 22.4. The van der Waals surface area contributed by atoms with Crippen molar-refractivity contribution >= 4 is 11.8 Å². The van der Waals surface area contributed by atoms with Crippen LogP contribution in [-0.4, -0.2) is 47.3 Å². The highest BCUT2D eigenvalue weighted by atomic mass is 16.2. The summed E-state index contributed by atoms with van der Waals surface area (Å²) >= 11 is 0. The first-order chi connectivity index (χ1) is 14.7. The van der Waals surface area contributed by atoms with Gasteiger partial charge in [-0.3, -0.25) is 9.59 Å². The Kier molecular flexibility index (Phi) is 5.95. The molecule has 1 heterocycles. The standard InChI is InChI=1S/C27H40N2O2/c1-6-24(30)28(5)26(4)15-23(16-26)25(31)29-12-10-27(11-13-29)17-22(18-27)21-9-7-8-20(14-21)19(2)3/h7-9,14,19,22-23H,6,10-13,15-18H2,1-5H3/t23-,26+.